The average Bonchev–Trinajstić information content (AvgIpc) is 3.64. The maximum Gasteiger partial charge on any atom is 0.0418 e. The zero-order chi connectivity index (χ0) is 30.7. The van der Waals surface area contributed by atoms with Crippen LogP contribution in [0.4, 0.5) is 0 Å². The number of fused-ring (bicyclic) bond motifs is 5. The summed E-state index contributed by atoms with van der Waals surface area (Å²) in [6.07, 6.45) is 2.44. The van der Waals surface area contributed by atoms with E-state index in [0.29, 0.717) is 0 Å². The van der Waals surface area contributed by atoms with Gasteiger partial charge in [-0.05, 0) is 85.5 Å². The molecule has 46 heavy (non-hydrogen) atoms. The summed E-state index contributed by atoms with van der Waals surface area (Å²) in [6, 6.07) is 63.6. The van der Waals surface area contributed by atoms with Crippen LogP contribution in [0.2, 0.25) is 0 Å². The molecule has 2 aliphatic carbocycles. The topological polar surface area (TPSA) is 0 Å². The summed E-state index contributed by atoms with van der Waals surface area (Å²) in [7, 11) is 0. The summed E-state index contributed by atoms with van der Waals surface area (Å²) < 4.78 is 0. The van der Waals surface area contributed by atoms with Crippen molar-refractivity contribution < 1.29 is 0 Å². The van der Waals surface area contributed by atoms with Crippen LogP contribution < -0.4 is 0 Å². The van der Waals surface area contributed by atoms with Crippen LogP contribution in [0.3, 0.4) is 0 Å². The summed E-state index contributed by atoms with van der Waals surface area (Å²) >= 11 is 0. The molecule has 1 atom stereocenters. The minimum atomic E-state index is -0.404. The second-order valence-electron chi connectivity index (χ2n) is 12.9. The molecule has 2 aliphatic rings. The predicted molar refractivity (Wildman–Crippen MR) is 193 cm³/mol. The number of rotatable bonds is 5. The van der Waals surface area contributed by atoms with E-state index in [0.717, 1.165) is 0 Å². The van der Waals surface area contributed by atoms with Crippen LogP contribution in [-0.4, -0.2) is 0 Å². The van der Waals surface area contributed by atoms with E-state index >= 15 is 0 Å². The van der Waals surface area contributed by atoms with E-state index in [4.69, 9.17) is 0 Å². The molecule has 0 bridgehead atoms. The zero-order valence-corrected chi connectivity index (χ0v) is 25.9. The van der Waals surface area contributed by atoms with Gasteiger partial charge >= 0.3 is 0 Å². The molecule has 0 saturated heterocycles. The third-order valence-electron chi connectivity index (χ3n) is 10.6. The largest absolute Gasteiger partial charge is 0.0639 e. The fourth-order valence-electron chi connectivity index (χ4n) is 8.76. The van der Waals surface area contributed by atoms with Crippen molar-refractivity contribution in [2.45, 2.75) is 24.2 Å². The number of benzene rings is 7. The fraction of sp³-hybridized carbons (Fsp3) is 0.0870. The van der Waals surface area contributed by atoms with Gasteiger partial charge in [0.25, 0.3) is 0 Å². The standard InChI is InChI=1S/C46H34/c1-31-28-36-27-26-35(34-25-24-32-14-8-9-15-33(32)29-34)30-43(36)44(31)46(37-16-4-2-5-17-37,38-18-6-3-7-19-38)45-41-22-12-10-20-39(41)40-21-11-13-23-42(40)45/h2-30,44-45H,1H3. The van der Waals surface area contributed by atoms with E-state index in [9.17, 15) is 0 Å². The minimum Gasteiger partial charge on any atom is -0.0639 e. The molecular formula is C46H34. The fourth-order valence-corrected chi connectivity index (χ4v) is 8.76. The first kappa shape index (κ1) is 26.9. The third-order valence-corrected chi connectivity index (χ3v) is 10.6. The van der Waals surface area contributed by atoms with Gasteiger partial charge in [0.15, 0.2) is 0 Å². The highest BCUT2D eigenvalue weighted by molar-refractivity contribution is 5.88. The van der Waals surface area contributed by atoms with E-state index in [1.807, 2.05) is 0 Å². The lowest BCUT2D eigenvalue weighted by Crippen LogP contribution is -2.41. The van der Waals surface area contributed by atoms with E-state index in [-0.39, 0.29) is 11.8 Å². The molecule has 218 valence electrons. The number of allylic oxidation sites excluding steroid dienone is 1. The first-order valence-corrected chi connectivity index (χ1v) is 16.3. The Balaban J connectivity index is 1.36. The molecule has 9 rings (SSSR count). The molecule has 0 aromatic heterocycles. The van der Waals surface area contributed by atoms with Crippen LogP contribution in [-0.2, 0) is 5.41 Å². The Labute approximate surface area is 271 Å². The van der Waals surface area contributed by atoms with Crippen LogP contribution in [0.1, 0.15) is 52.1 Å². The van der Waals surface area contributed by atoms with Crippen LogP contribution in [0.25, 0.3) is 39.1 Å². The molecule has 0 nitrogen and oxygen atoms in total. The Kier molecular flexibility index (Phi) is 6.18. The molecule has 0 saturated carbocycles. The molecule has 1 unspecified atom stereocenters. The molecule has 0 radical (unpaired) electrons. The second-order valence-corrected chi connectivity index (χ2v) is 12.9. The summed E-state index contributed by atoms with van der Waals surface area (Å²) in [5, 5.41) is 2.54. The van der Waals surface area contributed by atoms with E-state index in [1.165, 1.54) is 72.0 Å². The average molecular weight is 587 g/mol. The van der Waals surface area contributed by atoms with Crippen LogP contribution in [0, 0.1) is 0 Å². The first-order valence-electron chi connectivity index (χ1n) is 16.3. The molecule has 0 heterocycles. The van der Waals surface area contributed by atoms with Gasteiger partial charge in [0, 0.05) is 17.3 Å². The summed E-state index contributed by atoms with van der Waals surface area (Å²) in [5.41, 5.74) is 14.4. The van der Waals surface area contributed by atoms with Crippen molar-refractivity contribution in [1.82, 2.24) is 0 Å². The molecule has 0 aliphatic heterocycles. The monoisotopic (exact) mass is 586 g/mol. The van der Waals surface area contributed by atoms with E-state index < -0.39 is 5.41 Å². The van der Waals surface area contributed by atoms with Crippen LogP contribution in [0.5, 0.6) is 0 Å². The Morgan fingerprint density at radius 2 is 0.935 bits per heavy atom. The zero-order valence-electron chi connectivity index (χ0n) is 25.9. The predicted octanol–water partition coefficient (Wildman–Crippen LogP) is 11.8. The molecule has 0 N–H and O–H groups in total. The lowest BCUT2D eigenvalue weighted by molar-refractivity contribution is 0.405. The lowest BCUT2D eigenvalue weighted by Gasteiger charge is -2.47. The normalized spacial score (nSPS) is 15.3. The Hall–Kier alpha value is -5.46. The molecule has 0 spiro atoms. The van der Waals surface area contributed by atoms with Crippen LogP contribution >= 0.6 is 0 Å². The lowest BCUT2D eigenvalue weighted by atomic mass is 9.54. The van der Waals surface area contributed by atoms with Crippen molar-refractivity contribution in [3.63, 3.8) is 0 Å². The Bertz CT molecular complexity index is 2190. The molecule has 7 aromatic carbocycles. The van der Waals surface area contributed by atoms with E-state index in [2.05, 4.69) is 183 Å². The highest BCUT2D eigenvalue weighted by Gasteiger charge is 2.54. The maximum atomic E-state index is 2.49. The summed E-state index contributed by atoms with van der Waals surface area (Å²) in [4.78, 5) is 0. The molecule has 7 aromatic rings. The van der Waals surface area contributed by atoms with Gasteiger partial charge in [-0.2, -0.15) is 0 Å². The first-order chi connectivity index (χ1) is 22.7. The van der Waals surface area contributed by atoms with Gasteiger partial charge < -0.3 is 0 Å². The van der Waals surface area contributed by atoms with E-state index in [1.54, 1.807) is 0 Å². The van der Waals surface area contributed by atoms with Gasteiger partial charge in [-0.25, -0.2) is 0 Å². The van der Waals surface area contributed by atoms with Gasteiger partial charge in [-0.1, -0.05) is 169 Å². The highest BCUT2D eigenvalue weighted by Crippen LogP contribution is 2.64. The van der Waals surface area contributed by atoms with Crippen LogP contribution in [0.15, 0.2) is 175 Å². The molecule has 0 heteroatoms. The van der Waals surface area contributed by atoms with Crippen molar-refractivity contribution in [2.24, 2.45) is 0 Å². The summed E-state index contributed by atoms with van der Waals surface area (Å²) in [6.45, 7) is 2.35. The van der Waals surface area contributed by atoms with Gasteiger partial charge in [0.2, 0.25) is 0 Å². The van der Waals surface area contributed by atoms with Gasteiger partial charge in [-0.15, -0.1) is 0 Å². The third kappa shape index (κ3) is 3.93. The maximum absolute atomic E-state index is 2.49. The number of hydrogen-bond acceptors (Lipinski definition) is 0. The van der Waals surface area contributed by atoms with Gasteiger partial charge in [0.05, 0.1) is 0 Å². The summed E-state index contributed by atoms with van der Waals surface area (Å²) in [5.74, 6) is 0.241. The Morgan fingerprint density at radius 3 is 1.59 bits per heavy atom. The van der Waals surface area contributed by atoms with Gasteiger partial charge in [0.1, 0.15) is 0 Å². The SMILES string of the molecule is CC1=Cc2ccc(-c3ccc4ccccc4c3)cc2C1C(c1ccccc1)(c1ccccc1)C1c2ccccc2-c2ccccc21. The minimum absolute atomic E-state index is 0.119. The van der Waals surface area contributed by atoms with Crippen molar-refractivity contribution in [3.8, 4) is 22.3 Å². The Morgan fingerprint density at radius 1 is 0.413 bits per heavy atom. The van der Waals surface area contributed by atoms with Crippen molar-refractivity contribution in [3.05, 3.63) is 209 Å². The highest BCUT2D eigenvalue weighted by atomic mass is 14.6. The molecule has 0 fully saturated rings. The number of hydrogen-bond donors (Lipinski definition) is 0. The second kappa shape index (κ2) is 10.6. The van der Waals surface area contributed by atoms with Gasteiger partial charge in [-0.3, -0.25) is 0 Å². The smallest absolute Gasteiger partial charge is 0.0418 e. The van der Waals surface area contributed by atoms with Crippen molar-refractivity contribution in [1.29, 1.82) is 0 Å². The quantitative estimate of drug-likeness (QED) is 0.188. The van der Waals surface area contributed by atoms with Crippen molar-refractivity contribution in [2.75, 3.05) is 0 Å². The molecule has 0 amide bonds. The van der Waals surface area contributed by atoms with Crippen molar-refractivity contribution >= 4 is 16.8 Å². The molecular weight excluding hydrogens is 553 g/mol.